The first-order valence-electron chi connectivity index (χ1n) is 9.58. The van der Waals surface area contributed by atoms with Gasteiger partial charge in [-0.1, -0.05) is 12.0 Å². The van der Waals surface area contributed by atoms with Crippen LogP contribution in [0.3, 0.4) is 0 Å². The molecular weight excluding hydrogens is 384 g/mol. The molecule has 3 heterocycles. The first-order chi connectivity index (χ1) is 14.0. The third-order valence-corrected chi connectivity index (χ3v) is 6.20. The minimum Gasteiger partial charge on any atom is -0.490 e. The highest BCUT2D eigenvalue weighted by atomic mass is 32.1. The fourth-order valence-electron chi connectivity index (χ4n) is 3.58. The zero-order valence-electron chi connectivity index (χ0n) is 16.7. The highest BCUT2D eigenvalue weighted by Gasteiger charge is 2.23. The molecule has 29 heavy (non-hydrogen) atoms. The zero-order chi connectivity index (χ0) is 20.5. The number of aryl methyl sites for hydroxylation is 2. The van der Waals surface area contributed by atoms with Crippen molar-refractivity contribution in [3.05, 3.63) is 50.4 Å². The summed E-state index contributed by atoms with van der Waals surface area (Å²) in [5.74, 6) is 4.50. The molecule has 148 valence electrons. The van der Waals surface area contributed by atoms with Crippen LogP contribution in [0.15, 0.2) is 23.0 Å². The summed E-state index contributed by atoms with van der Waals surface area (Å²) in [6.07, 6.45) is 8.13. The molecule has 6 heteroatoms. The molecule has 1 aromatic carbocycles. The van der Waals surface area contributed by atoms with Crippen LogP contribution in [0.4, 0.5) is 0 Å². The number of ether oxygens (including phenoxy) is 2. The van der Waals surface area contributed by atoms with Gasteiger partial charge in [-0.2, -0.15) is 0 Å². The van der Waals surface area contributed by atoms with Gasteiger partial charge in [-0.3, -0.25) is 9.36 Å². The van der Waals surface area contributed by atoms with Gasteiger partial charge in [0, 0.05) is 11.4 Å². The highest BCUT2D eigenvalue weighted by Crippen LogP contribution is 2.34. The summed E-state index contributed by atoms with van der Waals surface area (Å²) in [5.41, 5.74) is 3.12. The Bertz CT molecular complexity index is 1230. The van der Waals surface area contributed by atoms with Crippen molar-refractivity contribution in [3.63, 3.8) is 0 Å². The molecule has 5 nitrogen and oxygen atoms in total. The molecule has 0 aliphatic carbocycles. The summed E-state index contributed by atoms with van der Waals surface area (Å²) in [7, 11) is 0. The van der Waals surface area contributed by atoms with Crippen LogP contribution in [0.25, 0.3) is 21.9 Å². The van der Waals surface area contributed by atoms with Crippen LogP contribution < -0.4 is 15.0 Å². The summed E-state index contributed by atoms with van der Waals surface area (Å²) < 4.78 is 13.1. The first-order valence-corrected chi connectivity index (χ1v) is 10.4. The van der Waals surface area contributed by atoms with E-state index >= 15 is 0 Å². The van der Waals surface area contributed by atoms with Crippen LogP contribution in [0.2, 0.25) is 0 Å². The van der Waals surface area contributed by atoms with Crippen molar-refractivity contribution in [1.29, 1.82) is 0 Å². The van der Waals surface area contributed by atoms with E-state index in [4.69, 9.17) is 20.9 Å². The number of terminal acetylenes is 1. The normalized spacial score (nSPS) is 14.2. The van der Waals surface area contributed by atoms with Gasteiger partial charge in [-0.15, -0.1) is 17.8 Å². The largest absolute Gasteiger partial charge is 0.490 e. The maximum absolute atomic E-state index is 13.0. The van der Waals surface area contributed by atoms with Crippen LogP contribution in [-0.4, -0.2) is 22.8 Å². The standard InChI is InChI=1S/C23H22N2O3S/c1-5-11-28-18-8-7-16(13-19(18)27-6-2)12-17-9-10-25-21(17)24-22-20(23(25)26)14(3)15(4)29-22/h1,7-8,12-13H,6,9-11H2,2-4H3/b17-12+. The van der Waals surface area contributed by atoms with Crippen molar-refractivity contribution in [3.8, 4) is 23.8 Å². The second-order valence-electron chi connectivity index (χ2n) is 6.91. The average Bonchev–Trinajstić information content (AvgIpc) is 3.23. The van der Waals surface area contributed by atoms with E-state index in [1.165, 1.54) is 0 Å². The third-order valence-electron chi connectivity index (χ3n) is 5.10. The van der Waals surface area contributed by atoms with E-state index in [1.54, 1.807) is 15.9 Å². The molecule has 0 saturated carbocycles. The van der Waals surface area contributed by atoms with E-state index in [0.717, 1.165) is 44.0 Å². The Kier molecular flexibility index (Phi) is 5.16. The molecule has 0 fully saturated rings. The Morgan fingerprint density at radius 1 is 1.31 bits per heavy atom. The smallest absolute Gasteiger partial charge is 0.262 e. The molecule has 0 N–H and O–H groups in total. The quantitative estimate of drug-likeness (QED) is 0.588. The van der Waals surface area contributed by atoms with E-state index < -0.39 is 0 Å². The lowest BCUT2D eigenvalue weighted by Gasteiger charge is -2.11. The minimum absolute atomic E-state index is 0.0586. The summed E-state index contributed by atoms with van der Waals surface area (Å²) in [6, 6.07) is 5.75. The van der Waals surface area contributed by atoms with Crippen LogP contribution >= 0.6 is 11.3 Å². The second kappa shape index (κ2) is 7.76. The van der Waals surface area contributed by atoms with E-state index in [-0.39, 0.29) is 12.2 Å². The predicted molar refractivity (Wildman–Crippen MR) is 118 cm³/mol. The number of nitrogens with zero attached hydrogens (tertiary/aromatic N) is 2. The Morgan fingerprint density at radius 2 is 2.14 bits per heavy atom. The van der Waals surface area contributed by atoms with Crippen LogP contribution in [0, 0.1) is 26.2 Å². The number of fused-ring (bicyclic) bond motifs is 2. The van der Waals surface area contributed by atoms with Gasteiger partial charge >= 0.3 is 0 Å². The zero-order valence-corrected chi connectivity index (χ0v) is 17.6. The molecule has 4 rings (SSSR count). The number of hydrogen-bond donors (Lipinski definition) is 0. The van der Waals surface area contributed by atoms with E-state index in [9.17, 15) is 4.79 Å². The van der Waals surface area contributed by atoms with Crippen molar-refractivity contribution < 1.29 is 9.47 Å². The molecule has 2 aromatic heterocycles. The molecule has 0 bridgehead atoms. The number of hydrogen-bond acceptors (Lipinski definition) is 5. The van der Waals surface area contributed by atoms with Gasteiger partial charge in [0.15, 0.2) is 11.5 Å². The molecular formula is C23H22N2O3S. The van der Waals surface area contributed by atoms with Crippen LogP contribution in [0.5, 0.6) is 11.5 Å². The van der Waals surface area contributed by atoms with Gasteiger partial charge < -0.3 is 9.47 Å². The highest BCUT2D eigenvalue weighted by molar-refractivity contribution is 7.18. The van der Waals surface area contributed by atoms with Gasteiger partial charge in [-0.25, -0.2) is 4.98 Å². The minimum atomic E-state index is 0.0586. The maximum atomic E-state index is 13.0. The molecule has 0 saturated heterocycles. The van der Waals surface area contributed by atoms with E-state index in [1.807, 2.05) is 39.0 Å². The van der Waals surface area contributed by atoms with Crippen molar-refractivity contribution in [2.75, 3.05) is 13.2 Å². The molecule has 0 radical (unpaired) electrons. The summed E-state index contributed by atoms with van der Waals surface area (Å²) in [6.45, 7) is 7.33. The molecule has 0 atom stereocenters. The average molecular weight is 407 g/mol. The lowest BCUT2D eigenvalue weighted by Crippen LogP contribution is -2.20. The van der Waals surface area contributed by atoms with Crippen molar-refractivity contribution in [2.45, 2.75) is 33.7 Å². The first kappa shape index (κ1) is 19.3. The van der Waals surface area contributed by atoms with Crippen LogP contribution in [-0.2, 0) is 6.54 Å². The van der Waals surface area contributed by atoms with Gasteiger partial charge in [-0.05, 0) is 62.1 Å². The number of benzene rings is 1. The summed E-state index contributed by atoms with van der Waals surface area (Å²) in [4.78, 5) is 19.8. The third kappa shape index (κ3) is 3.43. The lowest BCUT2D eigenvalue weighted by molar-refractivity contribution is 0.299. The van der Waals surface area contributed by atoms with E-state index in [2.05, 4.69) is 12.0 Å². The van der Waals surface area contributed by atoms with Crippen molar-refractivity contribution in [1.82, 2.24) is 9.55 Å². The fourth-order valence-corrected chi connectivity index (χ4v) is 4.60. The Hall–Kier alpha value is -3.04. The van der Waals surface area contributed by atoms with Crippen LogP contribution in [0.1, 0.15) is 35.2 Å². The SMILES string of the molecule is C#CCOc1ccc(/C=C2\CCn3c2nc2sc(C)c(C)c2c3=O)cc1OCC. The second-order valence-corrected chi connectivity index (χ2v) is 8.11. The summed E-state index contributed by atoms with van der Waals surface area (Å²) in [5, 5.41) is 0.756. The molecule has 0 unspecified atom stereocenters. The molecule has 1 aliphatic rings. The number of thiophene rings is 1. The molecule has 1 aliphatic heterocycles. The van der Waals surface area contributed by atoms with Gasteiger partial charge in [0.2, 0.25) is 0 Å². The number of allylic oxidation sites excluding steroid dienone is 1. The fraction of sp³-hybridized carbons (Fsp3) is 0.304. The Labute approximate surface area is 173 Å². The topological polar surface area (TPSA) is 53.4 Å². The maximum Gasteiger partial charge on any atom is 0.262 e. The van der Waals surface area contributed by atoms with Gasteiger partial charge in [0.05, 0.1) is 12.0 Å². The monoisotopic (exact) mass is 406 g/mol. The molecule has 3 aromatic rings. The Morgan fingerprint density at radius 3 is 2.90 bits per heavy atom. The summed E-state index contributed by atoms with van der Waals surface area (Å²) >= 11 is 1.58. The Balaban J connectivity index is 1.76. The lowest BCUT2D eigenvalue weighted by atomic mass is 10.1. The molecule has 0 spiro atoms. The van der Waals surface area contributed by atoms with Crippen molar-refractivity contribution in [2.24, 2.45) is 0 Å². The number of rotatable bonds is 5. The van der Waals surface area contributed by atoms with Crippen molar-refractivity contribution >= 4 is 33.2 Å². The van der Waals surface area contributed by atoms with E-state index in [0.29, 0.717) is 24.7 Å². The molecule has 0 amide bonds. The predicted octanol–water partition coefficient (Wildman–Crippen LogP) is 4.43. The van der Waals surface area contributed by atoms with Gasteiger partial charge in [0.1, 0.15) is 17.3 Å². The number of aromatic nitrogens is 2. The van der Waals surface area contributed by atoms with Gasteiger partial charge in [0.25, 0.3) is 5.56 Å².